The molecule has 1 atom stereocenters. The molecule has 1 aliphatic rings. The van der Waals surface area contributed by atoms with Crippen molar-refractivity contribution in [2.75, 3.05) is 19.0 Å². The Balaban J connectivity index is 1.88. The number of benzene rings is 2. The maximum atomic E-state index is 14.1. The van der Waals surface area contributed by atoms with E-state index >= 15 is 0 Å². The fraction of sp³-hybridized carbons (Fsp3) is 0.333. The summed E-state index contributed by atoms with van der Waals surface area (Å²) in [6.45, 7) is 2.22. The summed E-state index contributed by atoms with van der Waals surface area (Å²) in [5.74, 6) is -0.232. The topological polar surface area (TPSA) is 67.9 Å². The molecule has 7 heteroatoms. The number of nitrogens with zero attached hydrogens (tertiary/aromatic N) is 1. The van der Waals surface area contributed by atoms with Gasteiger partial charge in [-0.3, -0.25) is 9.59 Å². The van der Waals surface area contributed by atoms with Gasteiger partial charge in [0.1, 0.15) is 18.2 Å². The van der Waals surface area contributed by atoms with E-state index in [-0.39, 0.29) is 37.3 Å². The van der Waals surface area contributed by atoms with E-state index in [0.717, 1.165) is 5.56 Å². The van der Waals surface area contributed by atoms with Gasteiger partial charge in [0.05, 0.1) is 0 Å². The second kappa shape index (κ2) is 8.84. The third-order valence-electron chi connectivity index (χ3n) is 4.53. The SMILES string of the molecule is CC[C@H]1Oc2ccc(NC(=O)COC)cc2CN(Cc2ccccc2F)C1=O. The Morgan fingerprint density at radius 2 is 2.11 bits per heavy atom. The van der Waals surface area contributed by atoms with Crippen molar-refractivity contribution in [1.82, 2.24) is 4.90 Å². The molecule has 0 spiro atoms. The van der Waals surface area contributed by atoms with Gasteiger partial charge in [-0.05, 0) is 30.7 Å². The molecule has 28 heavy (non-hydrogen) atoms. The van der Waals surface area contributed by atoms with Crippen molar-refractivity contribution < 1.29 is 23.5 Å². The summed E-state index contributed by atoms with van der Waals surface area (Å²) in [5.41, 5.74) is 1.77. The van der Waals surface area contributed by atoms with E-state index in [2.05, 4.69) is 5.32 Å². The summed E-state index contributed by atoms with van der Waals surface area (Å²) >= 11 is 0. The average molecular weight is 386 g/mol. The molecule has 0 aromatic heterocycles. The first-order valence-electron chi connectivity index (χ1n) is 9.12. The number of nitrogens with one attached hydrogen (secondary N) is 1. The molecule has 0 unspecified atom stereocenters. The van der Waals surface area contributed by atoms with Crippen LogP contribution in [0.5, 0.6) is 5.75 Å². The largest absolute Gasteiger partial charge is 0.480 e. The zero-order valence-corrected chi connectivity index (χ0v) is 15.9. The van der Waals surface area contributed by atoms with Gasteiger partial charge in [-0.15, -0.1) is 0 Å². The number of halogens is 1. The molecule has 0 aliphatic carbocycles. The van der Waals surface area contributed by atoms with Crippen molar-refractivity contribution in [1.29, 1.82) is 0 Å². The Morgan fingerprint density at radius 1 is 1.32 bits per heavy atom. The van der Waals surface area contributed by atoms with E-state index in [1.165, 1.54) is 13.2 Å². The molecule has 1 heterocycles. The second-order valence-corrected chi connectivity index (χ2v) is 6.60. The van der Waals surface area contributed by atoms with Gasteiger partial charge in [-0.1, -0.05) is 25.1 Å². The second-order valence-electron chi connectivity index (χ2n) is 6.60. The summed E-state index contributed by atoms with van der Waals surface area (Å²) in [5, 5.41) is 2.74. The molecule has 3 rings (SSSR count). The van der Waals surface area contributed by atoms with Gasteiger partial charge in [0.15, 0.2) is 6.10 Å². The molecule has 1 N–H and O–H groups in total. The number of ether oxygens (including phenoxy) is 2. The van der Waals surface area contributed by atoms with Crippen LogP contribution in [0.15, 0.2) is 42.5 Å². The number of amides is 2. The molecule has 1 aliphatic heterocycles. The number of rotatable bonds is 6. The lowest BCUT2D eigenvalue weighted by molar-refractivity contribution is -0.139. The van der Waals surface area contributed by atoms with Gasteiger partial charge in [0, 0.05) is 37.0 Å². The third kappa shape index (κ3) is 4.48. The van der Waals surface area contributed by atoms with E-state index in [0.29, 0.717) is 23.4 Å². The Hall–Kier alpha value is -2.93. The van der Waals surface area contributed by atoms with E-state index in [9.17, 15) is 14.0 Å². The van der Waals surface area contributed by atoms with Gasteiger partial charge in [0.2, 0.25) is 5.91 Å². The molecule has 0 bridgehead atoms. The zero-order chi connectivity index (χ0) is 20.1. The van der Waals surface area contributed by atoms with Crippen molar-refractivity contribution in [3.8, 4) is 5.75 Å². The molecule has 0 fully saturated rings. The number of carbonyl (C=O) groups is 2. The number of hydrogen-bond donors (Lipinski definition) is 1. The number of fused-ring (bicyclic) bond motifs is 1. The lowest BCUT2D eigenvalue weighted by atomic mass is 10.1. The molecule has 2 amide bonds. The Bertz CT molecular complexity index is 871. The number of hydrogen-bond acceptors (Lipinski definition) is 4. The van der Waals surface area contributed by atoms with Gasteiger partial charge < -0.3 is 19.7 Å². The highest BCUT2D eigenvalue weighted by molar-refractivity contribution is 5.92. The molecule has 0 saturated carbocycles. The number of carbonyl (C=O) groups excluding carboxylic acids is 2. The molecular weight excluding hydrogens is 363 g/mol. The fourth-order valence-electron chi connectivity index (χ4n) is 3.14. The summed E-state index contributed by atoms with van der Waals surface area (Å²) in [6.07, 6.45) is -0.139. The van der Waals surface area contributed by atoms with Crippen molar-refractivity contribution >= 4 is 17.5 Å². The van der Waals surface area contributed by atoms with E-state index < -0.39 is 6.10 Å². The Labute approximate surface area is 163 Å². The van der Waals surface area contributed by atoms with E-state index in [1.54, 1.807) is 41.3 Å². The van der Waals surface area contributed by atoms with Crippen LogP contribution < -0.4 is 10.1 Å². The average Bonchev–Trinajstić information content (AvgIpc) is 2.80. The predicted molar refractivity (Wildman–Crippen MR) is 102 cm³/mol. The molecule has 0 radical (unpaired) electrons. The third-order valence-corrected chi connectivity index (χ3v) is 4.53. The quantitative estimate of drug-likeness (QED) is 0.828. The molecule has 148 valence electrons. The van der Waals surface area contributed by atoms with Gasteiger partial charge in [0.25, 0.3) is 5.91 Å². The van der Waals surface area contributed by atoms with Crippen LogP contribution in [0.1, 0.15) is 24.5 Å². The Morgan fingerprint density at radius 3 is 2.82 bits per heavy atom. The summed E-state index contributed by atoms with van der Waals surface area (Å²) < 4.78 is 24.8. The fourth-order valence-corrected chi connectivity index (χ4v) is 3.14. The van der Waals surface area contributed by atoms with Gasteiger partial charge in [-0.25, -0.2) is 4.39 Å². The van der Waals surface area contributed by atoms with Crippen LogP contribution in [-0.4, -0.2) is 36.5 Å². The van der Waals surface area contributed by atoms with Crippen LogP contribution in [0.4, 0.5) is 10.1 Å². The Kier molecular flexibility index (Phi) is 6.26. The monoisotopic (exact) mass is 386 g/mol. The first-order chi connectivity index (χ1) is 13.5. The maximum Gasteiger partial charge on any atom is 0.264 e. The highest BCUT2D eigenvalue weighted by atomic mass is 19.1. The van der Waals surface area contributed by atoms with Gasteiger partial charge in [-0.2, -0.15) is 0 Å². The van der Waals surface area contributed by atoms with Crippen molar-refractivity contribution in [2.45, 2.75) is 32.5 Å². The van der Waals surface area contributed by atoms with Crippen LogP contribution in [-0.2, 0) is 27.4 Å². The van der Waals surface area contributed by atoms with Crippen LogP contribution in [0, 0.1) is 5.82 Å². The summed E-state index contributed by atoms with van der Waals surface area (Å²) in [6, 6.07) is 11.6. The van der Waals surface area contributed by atoms with Crippen LogP contribution in [0.25, 0.3) is 0 Å². The maximum absolute atomic E-state index is 14.1. The zero-order valence-electron chi connectivity index (χ0n) is 15.9. The highest BCUT2D eigenvalue weighted by Gasteiger charge is 2.30. The summed E-state index contributed by atoms with van der Waals surface area (Å²) in [4.78, 5) is 26.3. The van der Waals surface area contributed by atoms with Gasteiger partial charge >= 0.3 is 0 Å². The van der Waals surface area contributed by atoms with Crippen LogP contribution in [0.2, 0.25) is 0 Å². The van der Waals surface area contributed by atoms with E-state index in [4.69, 9.17) is 9.47 Å². The predicted octanol–water partition coefficient (Wildman–Crippen LogP) is 3.11. The first kappa shape index (κ1) is 19.8. The van der Waals surface area contributed by atoms with Crippen molar-refractivity contribution in [3.63, 3.8) is 0 Å². The normalized spacial score (nSPS) is 16.2. The smallest absolute Gasteiger partial charge is 0.264 e. The van der Waals surface area contributed by atoms with Crippen LogP contribution in [0.3, 0.4) is 0 Å². The minimum atomic E-state index is -0.637. The molecular formula is C21H23FN2O4. The van der Waals surface area contributed by atoms with E-state index in [1.807, 2.05) is 6.92 Å². The first-order valence-corrected chi connectivity index (χ1v) is 9.12. The lowest BCUT2D eigenvalue weighted by Gasteiger charge is -2.23. The minimum absolute atomic E-state index is 0.0522. The highest BCUT2D eigenvalue weighted by Crippen LogP contribution is 2.30. The minimum Gasteiger partial charge on any atom is -0.480 e. The molecule has 2 aromatic carbocycles. The van der Waals surface area contributed by atoms with Crippen molar-refractivity contribution in [2.24, 2.45) is 0 Å². The lowest BCUT2D eigenvalue weighted by Crippen LogP contribution is -2.39. The molecule has 2 aromatic rings. The molecule has 0 saturated heterocycles. The number of methoxy groups -OCH3 is 1. The standard InChI is InChI=1S/C21H23FN2O4/c1-3-18-21(26)24(11-14-6-4-5-7-17(14)22)12-15-10-16(8-9-19(15)28-18)23-20(25)13-27-2/h4-10,18H,3,11-13H2,1-2H3,(H,23,25)/t18-/m1/s1. The molecule has 6 nitrogen and oxygen atoms in total. The van der Waals surface area contributed by atoms with Crippen LogP contribution >= 0.6 is 0 Å². The number of anilines is 1. The summed E-state index contributed by atoms with van der Waals surface area (Å²) in [7, 11) is 1.45. The van der Waals surface area contributed by atoms with Crippen molar-refractivity contribution in [3.05, 3.63) is 59.4 Å².